The summed E-state index contributed by atoms with van der Waals surface area (Å²) in [5.41, 5.74) is 0.849. The van der Waals surface area contributed by atoms with Gasteiger partial charge < -0.3 is 10.6 Å². The SMILES string of the molecule is CNc1ccc([N+](=O)[O-])cc1C(=O)NC1CCCCC1C. The second kappa shape index (κ2) is 6.56. The lowest BCUT2D eigenvalue weighted by Crippen LogP contribution is -2.41. The highest BCUT2D eigenvalue weighted by Crippen LogP contribution is 2.26. The molecule has 114 valence electrons. The zero-order valence-electron chi connectivity index (χ0n) is 12.4. The maximum atomic E-state index is 12.4. The number of anilines is 1. The van der Waals surface area contributed by atoms with E-state index in [-0.39, 0.29) is 17.6 Å². The van der Waals surface area contributed by atoms with Crippen LogP contribution in [0.15, 0.2) is 18.2 Å². The van der Waals surface area contributed by atoms with Crippen LogP contribution in [0.5, 0.6) is 0 Å². The molecule has 1 saturated carbocycles. The molecule has 0 aromatic heterocycles. The molecule has 0 bridgehead atoms. The molecular formula is C15H21N3O3. The summed E-state index contributed by atoms with van der Waals surface area (Å²) < 4.78 is 0. The third-order valence-electron chi connectivity index (χ3n) is 4.16. The van der Waals surface area contributed by atoms with Gasteiger partial charge in [0.05, 0.1) is 10.5 Å². The molecular weight excluding hydrogens is 270 g/mol. The number of non-ortho nitro benzene ring substituents is 1. The molecule has 0 radical (unpaired) electrons. The largest absolute Gasteiger partial charge is 0.387 e. The second-order valence-corrected chi connectivity index (χ2v) is 5.58. The molecule has 1 aliphatic rings. The maximum Gasteiger partial charge on any atom is 0.270 e. The Kier molecular flexibility index (Phi) is 4.77. The molecule has 1 fully saturated rings. The molecule has 6 heteroatoms. The van der Waals surface area contributed by atoms with E-state index >= 15 is 0 Å². The van der Waals surface area contributed by atoms with Crippen LogP contribution in [0, 0.1) is 16.0 Å². The molecule has 0 aliphatic heterocycles. The van der Waals surface area contributed by atoms with Crippen LogP contribution in [-0.4, -0.2) is 23.9 Å². The van der Waals surface area contributed by atoms with E-state index in [9.17, 15) is 14.9 Å². The number of hydrogen-bond donors (Lipinski definition) is 2. The Morgan fingerprint density at radius 2 is 2.05 bits per heavy atom. The van der Waals surface area contributed by atoms with Gasteiger partial charge in [-0.3, -0.25) is 14.9 Å². The molecule has 0 spiro atoms. The van der Waals surface area contributed by atoms with E-state index < -0.39 is 4.92 Å². The number of hydrogen-bond acceptors (Lipinski definition) is 4. The Morgan fingerprint density at radius 3 is 2.67 bits per heavy atom. The fourth-order valence-electron chi connectivity index (χ4n) is 2.83. The lowest BCUT2D eigenvalue weighted by atomic mass is 9.86. The van der Waals surface area contributed by atoms with E-state index in [0.29, 0.717) is 17.2 Å². The van der Waals surface area contributed by atoms with Gasteiger partial charge in [0.25, 0.3) is 11.6 Å². The highest BCUT2D eigenvalue weighted by atomic mass is 16.6. The van der Waals surface area contributed by atoms with Crippen LogP contribution in [0.25, 0.3) is 0 Å². The summed E-state index contributed by atoms with van der Waals surface area (Å²) in [6.07, 6.45) is 4.39. The second-order valence-electron chi connectivity index (χ2n) is 5.58. The van der Waals surface area contributed by atoms with E-state index in [2.05, 4.69) is 17.6 Å². The summed E-state index contributed by atoms with van der Waals surface area (Å²) in [5, 5.41) is 16.8. The summed E-state index contributed by atoms with van der Waals surface area (Å²) in [4.78, 5) is 22.8. The third-order valence-corrected chi connectivity index (χ3v) is 4.16. The van der Waals surface area contributed by atoms with E-state index in [1.807, 2.05) is 0 Å². The zero-order chi connectivity index (χ0) is 15.4. The first-order valence-electron chi connectivity index (χ1n) is 7.30. The Labute approximate surface area is 124 Å². The van der Waals surface area contributed by atoms with Crippen LogP contribution in [0.4, 0.5) is 11.4 Å². The fraction of sp³-hybridized carbons (Fsp3) is 0.533. The van der Waals surface area contributed by atoms with Crippen molar-refractivity contribution in [2.24, 2.45) is 5.92 Å². The highest BCUT2D eigenvalue weighted by Gasteiger charge is 2.25. The van der Waals surface area contributed by atoms with Crippen LogP contribution in [-0.2, 0) is 0 Å². The van der Waals surface area contributed by atoms with E-state index in [1.54, 1.807) is 13.1 Å². The van der Waals surface area contributed by atoms with Gasteiger partial charge in [0, 0.05) is 30.9 Å². The summed E-state index contributed by atoms with van der Waals surface area (Å²) >= 11 is 0. The van der Waals surface area contributed by atoms with Crippen molar-refractivity contribution in [3.8, 4) is 0 Å². The van der Waals surface area contributed by atoms with Crippen molar-refractivity contribution in [1.29, 1.82) is 0 Å². The number of nitro benzene ring substituents is 1. The molecule has 1 aliphatic carbocycles. The van der Waals surface area contributed by atoms with E-state index in [4.69, 9.17) is 0 Å². The molecule has 0 saturated heterocycles. The van der Waals surface area contributed by atoms with E-state index in [0.717, 1.165) is 19.3 Å². The molecule has 1 aromatic rings. The summed E-state index contributed by atoms with van der Waals surface area (Å²) in [6.45, 7) is 2.14. The number of nitrogens with zero attached hydrogens (tertiary/aromatic N) is 1. The number of amides is 1. The molecule has 2 rings (SSSR count). The monoisotopic (exact) mass is 291 g/mol. The molecule has 2 N–H and O–H groups in total. The van der Waals surface area contributed by atoms with Gasteiger partial charge >= 0.3 is 0 Å². The van der Waals surface area contributed by atoms with Crippen molar-refractivity contribution in [3.05, 3.63) is 33.9 Å². The Balaban J connectivity index is 2.20. The molecule has 2 unspecified atom stereocenters. The minimum atomic E-state index is -0.487. The summed E-state index contributed by atoms with van der Waals surface area (Å²) in [7, 11) is 1.70. The van der Waals surface area contributed by atoms with Gasteiger partial charge in [-0.05, 0) is 24.8 Å². The van der Waals surface area contributed by atoms with Gasteiger partial charge in [0.1, 0.15) is 0 Å². The van der Waals surface area contributed by atoms with Crippen molar-refractivity contribution in [2.75, 3.05) is 12.4 Å². The van der Waals surface area contributed by atoms with Crippen LogP contribution < -0.4 is 10.6 Å². The predicted octanol–water partition coefficient (Wildman–Crippen LogP) is 2.95. The first-order chi connectivity index (χ1) is 10.0. The topological polar surface area (TPSA) is 84.3 Å². The highest BCUT2D eigenvalue weighted by molar-refractivity contribution is 6.00. The molecule has 6 nitrogen and oxygen atoms in total. The predicted molar refractivity (Wildman–Crippen MR) is 81.5 cm³/mol. The van der Waals surface area contributed by atoms with Crippen LogP contribution >= 0.6 is 0 Å². The van der Waals surface area contributed by atoms with Gasteiger partial charge in [0.2, 0.25) is 0 Å². The number of nitro groups is 1. The molecule has 1 aromatic carbocycles. The first-order valence-corrected chi connectivity index (χ1v) is 7.30. The lowest BCUT2D eigenvalue weighted by Gasteiger charge is -2.29. The first kappa shape index (κ1) is 15.3. The molecule has 2 atom stereocenters. The molecule has 1 amide bonds. The van der Waals surface area contributed by atoms with Crippen LogP contribution in [0.2, 0.25) is 0 Å². The van der Waals surface area contributed by atoms with Crippen LogP contribution in [0.1, 0.15) is 43.0 Å². The minimum Gasteiger partial charge on any atom is -0.387 e. The van der Waals surface area contributed by atoms with Crippen molar-refractivity contribution in [3.63, 3.8) is 0 Å². The van der Waals surface area contributed by atoms with Crippen molar-refractivity contribution < 1.29 is 9.72 Å². The molecule has 21 heavy (non-hydrogen) atoms. The summed E-state index contributed by atoms with van der Waals surface area (Å²) in [6, 6.07) is 4.44. The van der Waals surface area contributed by atoms with E-state index in [1.165, 1.54) is 18.6 Å². The maximum absolute atomic E-state index is 12.4. The lowest BCUT2D eigenvalue weighted by molar-refractivity contribution is -0.384. The average molecular weight is 291 g/mol. The van der Waals surface area contributed by atoms with Gasteiger partial charge in [0.15, 0.2) is 0 Å². The normalized spacial score (nSPS) is 21.6. The standard InChI is InChI=1S/C15H21N3O3/c1-10-5-3-4-6-13(10)17-15(19)12-9-11(18(20)21)7-8-14(12)16-2/h7-10,13,16H,3-6H2,1-2H3,(H,17,19). The number of benzene rings is 1. The van der Waals surface area contributed by atoms with Gasteiger partial charge in [-0.2, -0.15) is 0 Å². The zero-order valence-corrected chi connectivity index (χ0v) is 12.4. The van der Waals surface area contributed by atoms with Crippen molar-refractivity contribution >= 4 is 17.3 Å². The number of carbonyl (C=O) groups excluding carboxylic acids is 1. The number of rotatable bonds is 4. The molecule has 0 heterocycles. The Morgan fingerprint density at radius 1 is 1.33 bits per heavy atom. The smallest absolute Gasteiger partial charge is 0.270 e. The fourth-order valence-corrected chi connectivity index (χ4v) is 2.83. The number of carbonyl (C=O) groups is 1. The van der Waals surface area contributed by atoms with Crippen molar-refractivity contribution in [1.82, 2.24) is 5.32 Å². The third kappa shape index (κ3) is 3.51. The quantitative estimate of drug-likeness (QED) is 0.660. The van der Waals surface area contributed by atoms with Crippen molar-refractivity contribution in [2.45, 2.75) is 38.6 Å². The number of nitrogens with one attached hydrogen (secondary N) is 2. The van der Waals surface area contributed by atoms with Crippen LogP contribution in [0.3, 0.4) is 0 Å². The van der Waals surface area contributed by atoms with Gasteiger partial charge in [-0.25, -0.2) is 0 Å². The minimum absolute atomic E-state index is 0.0733. The Bertz CT molecular complexity index is 545. The van der Waals surface area contributed by atoms with Gasteiger partial charge in [-0.15, -0.1) is 0 Å². The summed E-state index contributed by atoms with van der Waals surface area (Å²) in [5.74, 6) is 0.196. The average Bonchev–Trinajstić information content (AvgIpc) is 2.48. The Hall–Kier alpha value is -2.11. The van der Waals surface area contributed by atoms with Gasteiger partial charge in [-0.1, -0.05) is 19.8 Å².